The number of pyridine rings is 1. The topological polar surface area (TPSA) is 50.9 Å². The maximum atomic E-state index is 5.77. The number of thiocarbonyl (C=S) groups is 1. The van der Waals surface area contributed by atoms with Gasteiger partial charge in [0.15, 0.2) is 0 Å². The minimum absolute atomic E-state index is 0.374. The van der Waals surface area contributed by atoms with E-state index in [9.17, 15) is 0 Å². The zero-order valence-electron chi connectivity index (χ0n) is 11.8. The average molecular weight is 285 g/mol. The molecule has 1 aromatic heterocycles. The molecule has 0 radical (unpaired) electrons. The van der Waals surface area contributed by atoms with Crippen molar-refractivity contribution < 1.29 is 0 Å². The van der Waals surface area contributed by atoms with Crippen LogP contribution in [0.2, 0.25) is 0 Å². The summed E-state index contributed by atoms with van der Waals surface area (Å²) in [7, 11) is 0. The average Bonchev–Trinajstić information content (AvgIpc) is 2.45. The van der Waals surface area contributed by atoms with Gasteiger partial charge in [0.25, 0.3) is 0 Å². The third kappa shape index (κ3) is 3.33. The summed E-state index contributed by atoms with van der Waals surface area (Å²) in [5, 5.41) is 3.31. The van der Waals surface area contributed by atoms with Gasteiger partial charge in [-0.05, 0) is 36.1 Å². The van der Waals surface area contributed by atoms with E-state index in [0.717, 1.165) is 23.4 Å². The molecule has 0 spiro atoms. The van der Waals surface area contributed by atoms with E-state index < -0.39 is 0 Å². The fourth-order valence-corrected chi connectivity index (χ4v) is 2.34. The van der Waals surface area contributed by atoms with Crippen molar-refractivity contribution in [2.45, 2.75) is 26.8 Å². The van der Waals surface area contributed by atoms with Crippen molar-refractivity contribution in [2.75, 3.05) is 5.32 Å². The smallest absolute Gasteiger partial charge is 0.136 e. The van der Waals surface area contributed by atoms with E-state index >= 15 is 0 Å². The van der Waals surface area contributed by atoms with Crippen molar-refractivity contribution in [3.05, 3.63) is 58.8 Å². The first-order valence-electron chi connectivity index (χ1n) is 6.69. The molecular weight excluding hydrogens is 266 g/mol. The summed E-state index contributed by atoms with van der Waals surface area (Å²) in [6.45, 7) is 4.84. The number of benzene rings is 1. The van der Waals surface area contributed by atoms with Crippen molar-refractivity contribution in [1.82, 2.24) is 4.98 Å². The van der Waals surface area contributed by atoms with Gasteiger partial charge in [-0.2, -0.15) is 0 Å². The van der Waals surface area contributed by atoms with Crippen LogP contribution in [0.5, 0.6) is 0 Å². The number of nitrogens with zero attached hydrogens (tertiary/aromatic N) is 1. The second-order valence-corrected chi connectivity index (χ2v) is 5.18. The van der Waals surface area contributed by atoms with E-state index in [-0.39, 0.29) is 0 Å². The van der Waals surface area contributed by atoms with Gasteiger partial charge in [-0.3, -0.25) is 0 Å². The molecule has 0 aliphatic rings. The molecule has 0 saturated heterocycles. The fraction of sp³-hybridized carbons (Fsp3) is 0.250. The first-order valence-corrected chi connectivity index (χ1v) is 7.09. The molecule has 0 unspecified atom stereocenters. The molecule has 4 heteroatoms. The van der Waals surface area contributed by atoms with Crippen molar-refractivity contribution in [1.29, 1.82) is 0 Å². The largest absolute Gasteiger partial charge is 0.389 e. The van der Waals surface area contributed by atoms with Crippen molar-refractivity contribution >= 4 is 23.0 Å². The molecule has 2 aromatic rings. The molecular formula is C16H19N3S. The van der Waals surface area contributed by atoms with E-state index in [0.29, 0.717) is 11.5 Å². The number of aryl methyl sites for hydroxylation is 2. The predicted octanol–water partition coefficient (Wildman–Crippen LogP) is 3.20. The Morgan fingerprint density at radius 2 is 1.85 bits per heavy atom. The molecule has 3 N–H and O–H groups in total. The Morgan fingerprint density at radius 3 is 2.45 bits per heavy atom. The molecule has 1 heterocycles. The Kier molecular flexibility index (Phi) is 4.69. The molecule has 0 fully saturated rings. The summed E-state index contributed by atoms with van der Waals surface area (Å²) in [4.78, 5) is 4.71. The quantitative estimate of drug-likeness (QED) is 0.828. The van der Waals surface area contributed by atoms with Crippen molar-refractivity contribution in [2.24, 2.45) is 5.73 Å². The fourth-order valence-electron chi connectivity index (χ4n) is 2.08. The number of nitrogens with two attached hydrogens (primary N) is 1. The Labute approximate surface area is 125 Å². The van der Waals surface area contributed by atoms with Crippen molar-refractivity contribution in [3.63, 3.8) is 0 Å². The van der Waals surface area contributed by atoms with E-state index in [2.05, 4.69) is 41.5 Å². The van der Waals surface area contributed by atoms with Gasteiger partial charge in [-0.25, -0.2) is 4.98 Å². The minimum Gasteiger partial charge on any atom is -0.389 e. The summed E-state index contributed by atoms with van der Waals surface area (Å²) in [5.74, 6) is 0.747. The van der Waals surface area contributed by atoms with E-state index in [1.54, 1.807) is 6.20 Å². The number of aromatic nitrogens is 1. The lowest BCUT2D eigenvalue weighted by Crippen LogP contribution is -2.16. The molecule has 0 saturated carbocycles. The van der Waals surface area contributed by atoms with Crippen LogP contribution in [0.1, 0.15) is 29.2 Å². The van der Waals surface area contributed by atoms with Crippen LogP contribution in [0.25, 0.3) is 0 Å². The van der Waals surface area contributed by atoms with Gasteiger partial charge in [0.2, 0.25) is 0 Å². The zero-order valence-corrected chi connectivity index (χ0v) is 12.6. The molecule has 3 nitrogen and oxygen atoms in total. The highest BCUT2D eigenvalue weighted by atomic mass is 32.1. The van der Waals surface area contributed by atoms with Gasteiger partial charge < -0.3 is 11.1 Å². The number of rotatable bonds is 5. The lowest BCUT2D eigenvalue weighted by Gasteiger charge is -2.12. The second-order valence-electron chi connectivity index (χ2n) is 4.74. The van der Waals surface area contributed by atoms with Crippen LogP contribution in [-0.2, 0) is 13.0 Å². The molecule has 0 atom stereocenters. The molecule has 104 valence electrons. The first kappa shape index (κ1) is 14.5. The molecule has 20 heavy (non-hydrogen) atoms. The highest BCUT2D eigenvalue weighted by Crippen LogP contribution is 2.17. The maximum Gasteiger partial charge on any atom is 0.136 e. The molecule has 2 rings (SSSR count). The van der Waals surface area contributed by atoms with E-state index in [1.165, 1.54) is 11.1 Å². The first-order chi connectivity index (χ1) is 9.61. The summed E-state index contributed by atoms with van der Waals surface area (Å²) >= 11 is 5.10. The molecule has 0 aliphatic heterocycles. The number of hydrogen-bond donors (Lipinski definition) is 2. The third-order valence-corrected chi connectivity index (χ3v) is 3.50. The monoisotopic (exact) mass is 285 g/mol. The lowest BCUT2D eigenvalue weighted by molar-refractivity contribution is 1.08. The normalized spacial score (nSPS) is 10.3. The molecule has 1 aromatic carbocycles. The molecule has 0 aliphatic carbocycles. The van der Waals surface area contributed by atoms with Gasteiger partial charge in [-0.1, -0.05) is 43.4 Å². The van der Waals surface area contributed by atoms with Gasteiger partial charge in [0, 0.05) is 12.7 Å². The zero-order chi connectivity index (χ0) is 14.5. The van der Waals surface area contributed by atoms with Crippen LogP contribution in [0.4, 0.5) is 5.82 Å². The Morgan fingerprint density at radius 1 is 1.20 bits per heavy atom. The lowest BCUT2D eigenvalue weighted by atomic mass is 10.1. The maximum absolute atomic E-state index is 5.77. The SMILES string of the molecule is CCc1ccc(CNc2nccc(C)c2C(N)=S)cc1. The predicted molar refractivity (Wildman–Crippen MR) is 88.0 cm³/mol. The van der Waals surface area contributed by atoms with Crippen LogP contribution in [0.3, 0.4) is 0 Å². The van der Waals surface area contributed by atoms with Gasteiger partial charge in [0.05, 0.1) is 5.56 Å². The van der Waals surface area contributed by atoms with E-state index in [4.69, 9.17) is 18.0 Å². The summed E-state index contributed by atoms with van der Waals surface area (Å²) in [6, 6.07) is 10.5. The minimum atomic E-state index is 0.374. The highest BCUT2D eigenvalue weighted by molar-refractivity contribution is 7.80. The Balaban J connectivity index is 2.14. The molecule has 0 bridgehead atoms. The highest BCUT2D eigenvalue weighted by Gasteiger charge is 2.09. The summed E-state index contributed by atoms with van der Waals surface area (Å²) in [5.41, 5.74) is 10.2. The second kappa shape index (κ2) is 6.48. The third-order valence-electron chi connectivity index (χ3n) is 3.30. The molecule has 0 amide bonds. The standard InChI is InChI=1S/C16H19N3S/c1-3-12-4-6-13(7-5-12)10-19-16-14(15(17)20)11(2)8-9-18-16/h4-9H,3,10H2,1-2H3,(H2,17,20)(H,18,19). The van der Waals surface area contributed by atoms with Crippen molar-refractivity contribution in [3.8, 4) is 0 Å². The van der Waals surface area contributed by atoms with Crippen LogP contribution in [0, 0.1) is 6.92 Å². The summed E-state index contributed by atoms with van der Waals surface area (Å²) < 4.78 is 0. The van der Waals surface area contributed by atoms with Crippen LogP contribution >= 0.6 is 12.2 Å². The summed E-state index contributed by atoms with van der Waals surface area (Å²) in [6.07, 6.45) is 2.82. The van der Waals surface area contributed by atoms with Crippen LogP contribution in [0.15, 0.2) is 36.5 Å². The van der Waals surface area contributed by atoms with E-state index in [1.807, 2.05) is 13.0 Å². The van der Waals surface area contributed by atoms with Crippen LogP contribution in [-0.4, -0.2) is 9.97 Å². The van der Waals surface area contributed by atoms with Gasteiger partial charge in [-0.15, -0.1) is 0 Å². The van der Waals surface area contributed by atoms with Gasteiger partial charge >= 0.3 is 0 Å². The number of nitrogens with one attached hydrogen (secondary N) is 1. The van der Waals surface area contributed by atoms with Gasteiger partial charge in [0.1, 0.15) is 10.8 Å². The van der Waals surface area contributed by atoms with Crippen LogP contribution < -0.4 is 11.1 Å². The Hall–Kier alpha value is -1.94. The Bertz CT molecular complexity index is 606. The number of anilines is 1. The number of hydrogen-bond acceptors (Lipinski definition) is 3.